The van der Waals surface area contributed by atoms with Crippen molar-refractivity contribution >= 4 is 34.1 Å². The van der Waals surface area contributed by atoms with Gasteiger partial charge in [0.05, 0.1) is 5.39 Å². The van der Waals surface area contributed by atoms with E-state index < -0.39 is 0 Å². The standard InChI is InChI=1S/C11H13N3OS/c1-7(2)12-11(16)13-10-8-5-3-4-6-9(8)15-14-10/h3-7H,1-2H3,(H2,12,13,14,16). The molecule has 0 fully saturated rings. The molecule has 0 aliphatic carbocycles. The summed E-state index contributed by atoms with van der Waals surface area (Å²) in [6, 6.07) is 7.93. The highest BCUT2D eigenvalue weighted by Crippen LogP contribution is 2.21. The van der Waals surface area contributed by atoms with Crippen molar-refractivity contribution in [2.45, 2.75) is 19.9 Å². The molecule has 0 amide bonds. The number of para-hydroxylation sites is 1. The maximum atomic E-state index is 5.15. The SMILES string of the molecule is CC(C)NC(=S)Nc1noc2ccccc12. The van der Waals surface area contributed by atoms with Gasteiger partial charge in [-0.1, -0.05) is 17.3 Å². The fourth-order valence-electron chi connectivity index (χ4n) is 1.38. The number of hydrogen-bond donors (Lipinski definition) is 2. The predicted octanol–water partition coefficient (Wildman–Crippen LogP) is 2.52. The molecule has 0 bridgehead atoms. The maximum absolute atomic E-state index is 5.15. The Morgan fingerprint density at radius 2 is 2.12 bits per heavy atom. The minimum absolute atomic E-state index is 0.290. The van der Waals surface area contributed by atoms with Crippen molar-refractivity contribution in [3.63, 3.8) is 0 Å². The van der Waals surface area contributed by atoms with Gasteiger partial charge < -0.3 is 15.2 Å². The number of fused-ring (bicyclic) bond motifs is 1. The van der Waals surface area contributed by atoms with Gasteiger partial charge in [-0.25, -0.2) is 0 Å². The Morgan fingerprint density at radius 3 is 2.88 bits per heavy atom. The fourth-order valence-corrected chi connectivity index (χ4v) is 1.71. The molecule has 0 saturated heterocycles. The number of nitrogens with zero attached hydrogens (tertiary/aromatic N) is 1. The third-order valence-electron chi connectivity index (χ3n) is 2.03. The minimum atomic E-state index is 0.290. The molecule has 0 spiro atoms. The normalized spacial score (nSPS) is 10.7. The summed E-state index contributed by atoms with van der Waals surface area (Å²) in [5.41, 5.74) is 0.748. The molecule has 1 heterocycles. The molecule has 84 valence electrons. The van der Waals surface area contributed by atoms with Crippen LogP contribution < -0.4 is 10.6 Å². The number of thiocarbonyl (C=S) groups is 1. The second-order valence-electron chi connectivity index (χ2n) is 3.78. The van der Waals surface area contributed by atoms with Gasteiger partial charge >= 0.3 is 0 Å². The van der Waals surface area contributed by atoms with Crippen LogP contribution in [-0.2, 0) is 0 Å². The lowest BCUT2D eigenvalue weighted by molar-refractivity contribution is 0.460. The first-order valence-electron chi connectivity index (χ1n) is 5.09. The van der Waals surface area contributed by atoms with E-state index in [-0.39, 0.29) is 6.04 Å². The number of benzene rings is 1. The molecular weight excluding hydrogens is 222 g/mol. The Kier molecular flexibility index (Phi) is 3.05. The summed E-state index contributed by atoms with van der Waals surface area (Å²) in [5.74, 6) is 0.647. The molecule has 5 heteroatoms. The van der Waals surface area contributed by atoms with Gasteiger partial charge in [0.2, 0.25) is 0 Å². The monoisotopic (exact) mass is 235 g/mol. The Labute approximate surface area is 99.0 Å². The lowest BCUT2D eigenvalue weighted by Crippen LogP contribution is -2.34. The summed E-state index contributed by atoms with van der Waals surface area (Å²) in [5, 5.41) is 11.5. The van der Waals surface area contributed by atoms with Gasteiger partial charge in [0, 0.05) is 6.04 Å². The first kappa shape index (κ1) is 10.9. The van der Waals surface area contributed by atoms with Crippen molar-refractivity contribution in [3.05, 3.63) is 24.3 Å². The van der Waals surface area contributed by atoms with E-state index in [2.05, 4.69) is 15.8 Å². The van der Waals surface area contributed by atoms with Gasteiger partial charge in [-0.05, 0) is 38.2 Å². The van der Waals surface area contributed by atoms with Crippen molar-refractivity contribution < 1.29 is 4.52 Å². The van der Waals surface area contributed by atoms with Crippen molar-refractivity contribution in [1.29, 1.82) is 0 Å². The maximum Gasteiger partial charge on any atom is 0.183 e. The van der Waals surface area contributed by atoms with Crippen LogP contribution >= 0.6 is 12.2 Å². The highest BCUT2D eigenvalue weighted by Gasteiger charge is 2.08. The summed E-state index contributed by atoms with van der Waals surface area (Å²) in [6.45, 7) is 4.05. The Morgan fingerprint density at radius 1 is 1.38 bits per heavy atom. The topological polar surface area (TPSA) is 50.1 Å². The zero-order chi connectivity index (χ0) is 11.5. The van der Waals surface area contributed by atoms with E-state index in [0.717, 1.165) is 11.0 Å². The molecule has 0 saturated carbocycles. The number of aromatic nitrogens is 1. The zero-order valence-corrected chi connectivity index (χ0v) is 9.97. The lowest BCUT2D eigenvalue weighted by Gasteiger charge is -2.10. The van der Waals surface area contributed by atoms with Gasteiger partial charge in [0.15, 0.2) is 16.5 Å². The predicted molar refractivity (Wildman–Crippen MR) is 68.5 cm³/mol. The van der Waals surface area contributed by atoms with Crippen LogP contribution in [0.2, 0.25) is 0 Å². The smallest absolute Gasteiger partial charge is 0.183 e. The molecule has 4 nitrogen and oxygen atoms in total. The van der Waals surface area contributed by atoms with E-state index in [0.29, 0.717) is 10.9 Å². The molecule has 0 atom stereocenters. The summed E-state index contributed by atoms with van der Waals surface area (Å²) in [4.78, 5) is 0. The fraction of sp³-hybridized carbons (Fsp3) is 0.273. The average Bonchev–Trinajstić information content (AvgIpc) is 2.61. The van der Waals surface area contributed by atoms with Gasteiger partial charge in [-0.15, -0.1) is 0 Å². The highest BCUT2D eigenvalue weighted by atomic mass is 32.1. The first-order valence-corrected chi connectivity index (χ1v) is 5.49. The molecule has 0 radical (unpaired) electrons. The van der Waals surface area contributed by atoms with Crippen LogP contribution in [0.5, 0.6) is 0 Å². The van der Waals surface area contributed by atoms with Gasteiger partial charge in [0.1, 0.15) is 0 Å². The summed E-state index contributed by atoms with van der Waals surface area (Å²) >= 11 is 5.14. The Hall–Kier alpha value is -1.62. The molecule has 16 heavy (non-hydrogen) atoms. The Balaban J connectivity index is 2.18. The van der Waals surface area contributed by atoms with Crippen molar-refractivity contribution in [3.8, 4) is 0 Å². The van der Waals surface area contributed by atoms with E-state index in [1.165, 1.54) is 0 Å². The van der Waals surface area contributed by atoms with Crippen LogP contribution in [0.3, 0.4) is 0 Å². The minimum Gasteiger partial charge on any atom is -0.360 e. The van der Waals surface area contributed by atoms with Gasteiger partial charge in [0.25, 0.3) is 0 Å². The van der Waals surface area contributed by atoms with Crippen LogP contribution in [-0.4, -0.2) is 16.3 Å². The molecule has 0 aliphatic heterocycles. The third-order valence-corrected chi connectivity index (χ3v) is 2.25. The first-order chi connectivity index (χ1) is 7.66. The van der Waals surface area contributed by atoms with E-state index in [1.807, 2.05) is 38.1 Å². The highest BCUT2D eigenvalue weighted by molar-refractivity contribution is 7.80. The quantitative estimate of drug-likeness (QED) is 0.783. The van der Waals surface area contributed by atoms with Gasteiger partial charge in [-0.3, -0.25) is 0 Å². The van der Waals surface area contributed by atoms with E-state index >= 15 is 0 Å². The summed E-state index contributed by atoms with van der Waals surface area (Å²) in [6.07, 6.45) is 0. The van der Waals surface area contributed by atoms with Crippen LogP contribution in [0.15, 0.2) is 28.8 Å². The summed E-state index contributed by atoms with van der Waals surface area (Å²) in [7, 11) is 0. The summed E-state index contributed by atoms with van der Waals surface area (Å²) < 4.78 is 5.15. The van der Waals surface area contributed by atoms with Crippen molar-refractivity contribution in [2.24, 2.45) is 0 Å². The Bertz CT molecular complexity index is 507. The lowest BCUT2D eigenvalue weighted by atomic mass is 10.2. The van der Waals surface area contributed by atoms with Crippen molar-refractivity contribution in [1.82, 2.24) is 10.5 Å². The molecule has 0 aliphatic rings. The number of nitrogens with one attached hydrogen (secondary N) is 2. The third kappa shape index (κ3) is 2.30. The average molecular weight is 235 g/mol. The van der Waals surface area contributed by atoms with E-state index in [9.17, 15) is 0 Å². The molecule has 1 aromatic carbocycles. The number of rotatable bonds is 2. The largest absolute Gasteiger partial charge is 0.360 e. The molecule has 1 aromatic heterocycles. The van der Waals surface area contributed by atoms with E-state index in [4.69, 9.17) is 16.7 Å². The van der Waals surface area contributed by atoms with Crippen LogP contribution in [0.4, 0.5) is 5.82 Å². The molecule has 2 aromatic rings. The van der Waals surface area contributed by atoms with Crippen molar-refractivity contribution in [2.75, 3.05) is 5.32 Å². The van der Waals surface area contributed by atoms with Crippen LogP contribution in [0.25, 0.3) is 11.0 Å². The molecular formula is C11H13N3OS. The zero-order valence-electron chi connectivity index (χ0n) is 9.15. The molecule has 0 unspecified atom stereocenters. The molecule has 2 rings (SSSR count). The van der Waals surface area contributed by atoms with Gasteiger partial charge in [-0.2, -0.15) is 0 Å². The second kappa shape index (κ2) is 4.49. The van der Waals surface area contributed by atoms with E-state index in [1.54, 1.807) is 0 Å². The molecule has 2 N–H and O–H groups in total. The number of hydrogen-bond acceptors (Lipinski definition) is 3. The van der Waals surface area contributed by atoms with Crippen LogP contribution in [0.1, 0.15) is 13.8 Å². The van der Waals surface area contributed by atoms with Crippen LogP contribution in [0, 0.1) is 0 Å². The second-order valence-corrected chi connectivity index (χ2v) is 4.19. The number of anilines is 1.